The molecule has 1 aliphatic rings. The number of hydrogen-bond acceptors (Lipinski definition) is 4. The van der Waals surface area contributed by atoms with Gasteiger partial charge in [-0.2, -0.15) is 0 Å². The zero-order valence-electron chi connectivity index (χ0n) is 18.1. The Morgan fingerprint density at radius 2 is 1.94 bits per heavy atom. The third-order valence-electron chi connectivity index (χ3n) is 5.79. The van der Waals surface area contributed by atoms with Crippen molar-refractivity contribution in [3.63, 3.8) is 0 Å². The largest absolute Gasteiger partial charge is 0.440 e. The number of amides is 3. The summed E-state index contributed by atoms with van der Waals surface area (Å²) in [5, 5.41) is 3.47. The maximum absolute atomic E-state index is 12.6. The first kappa shape index (κ1) is 22.1. The van der Waals surface area contributed by atoms with E-state index in [1.165, 1.54) is 0 Å². The van der Waals surface area contributed by atoms with E-state index < -0.39 is 0 Å². The molecule has 0 saturated carbocycles. The van der Waals surface area contributed by atoms with Crippen molar-refractivity contribution in [3.8, 4) is 0 Å². The van der Waals surface area contributed by atoms with E-state index in [0.29, 0.717) is 37.1 Å². The molecule has 168 valence electrons. The fraction of sp³-hybridized carbons (Fsp3) is 0.375. The van der Waals surface area contributed by atoms with Gasteiger partial charge >= 0.3 is 6.03 Å². The summed E-state index contributed by atoms with van der Waals surface area (Å²) in [6, 6.07) is 15.0. The van der Waals surface area contributed by atoms with E-state index in [1.807, 2.05) is 41.3 Å². The second-order valence-corrected chi connectivity index (χ2v) is 8.58. The van der Waals surface area contributed by atoms with Crippen molar-refractivity contribution in [1.29, 1.82) is 0 Å². The number of fused-ring (bicyclic) bond motifs is 1. The molecule has 8 heteroatoms. The van der Waals surface area contributed by atoms with Crippen LogP contribution in [0.15, 0.2) is 52.9 Å². The summed E-state index contributed by atoms with van der Waals surface area (Å²) in [7, 11) is 1.75. The number of urea groups is 1. The van der Waals surface area contributed by atoms with Crippen LogP contribution in [0.1, 0.15) is 36.6 Å². The van der Waals surface area contributed by atoms with E-state index in [4.69, 9.17) is 16.0 Å². The second-order valence-electron chi connectivity index (χ2n) is 8.14. The van der Waals surface area contributed by atoms with Gasteiger partial charge in [0.25, 0.3) is 0 Å². The van der Waals surface area contributed by atoms with Crippen molar-refractivity contribution in [3.05, 3.63) is 65.0 Å². The molecule has 0 atom stereocenters. The topological polar surface area (TPSA) is 78.7 Å². The number of carbonyl (C=O) groups is 2. The van der Waals surface area contributed by atoms with Crippen LogP contribution in [-0.2, 0) is 11.3 Å². The highest BCUT2D eigenvalue weighted by Crippen LogP contribution is 2.30. The Labute approximate surface area is 192 Å². The normalized spacial score (nSPS) is 14.5. The monoisotopic (exact) mass is 454 g/mol. The van der Waals surface area contributed by atoms with Crippen molar-refractivity contribution in [2.75, 3.05) is 26.7 Å². The Balaban J connectivity index is 1.20. The molecule has 1 fully saturated rings. The zero-order chi connectivity index (χ0) is 22.5. The third-order valence-corrected chi connectivity index (χ3v) is 6.02. The van der Waals surface area contributed by atoms with Gasteiger partial charge < -0.3 is 19.5 Å². The predicted octanol–water partition coefficient (Wildman–Crippen LogP) is 4.42. The number of nitrogens with one attached hydrogen (secondary N) is 1. The maximum atomic E-state index is 12.6. The van der Waals surface area contributed by atoms with E-state index in [9.17, 15) is 9.59 Å². The standard InChI is InChI=1S/C24H27ClN4O3/c1-28(16-17-5-3-2-4-6-17)24(31)26-12-9-22(30)29-13-10-18(11-14-29)23-27-20-15-19(25)7-8-21(20)32-23/h2-8,15,18H,9-14,16H2,1H3,(H,26,31). The van der Waals surface area contributed by atoms with Crippen LogP contribution < -0.4 is 5.32 Å². The van der Waals surface area contributed by atoms with Crippen LogP contribution in [0.25, 0.3) is 11.1 Å². The highest BCUT2D eigenvalue weighted by atomic mass is 35.5. The number of halogens is 1. The number of likely N-dealkylation sites (tertiary alicyclic amines) is 1. The van der Waals surface area contributed by atoms with Gasteiger partial charge in [0.2, 0.25) is 5.91 Å². The summed E-state index contributed by atoms with van der Waals surface area (Å²) in [6.45, 7) is 2.16. The van der Waals surface area contributed by atoms with E-state index >= 15 is 0 Å². The lowest BCUT2D eigenvalue weighted by atomic mass is 9.96. The second kappa shape index (κ2) is 10.0. The summed E-state index contributed by atoms with van der Waals surface area (Å²) in [4.78, 5) is 32.9. The number of aromatic nitrogens is 1. The SMILES string of the molecule is CN(Cc1ccccc1)C(=O)NCCC(=O)N1CCC(c2nc3cc(Cl)ccc3o2)CC1. The number of carbonyl (C=O) groups excluding carboxylic acids is 2. The van der Waals surface area contributed by atoms with Crippen molar-refractivity contribution in [2.45, 2.75) is 31.7 Å². The molecule has 1 N–H and O–H groups in total. The van der Waals surface area contributed by atoms with Gasteiger partial charge in [0.15, 0.2) is 11.5 Å². The summed E-state index contributed by atoms with van der Waals surface area (Å²) in [6.07, 6.45) is 1.90. The number of rotatable bonds is 6. The average molecular weight is 455 g/mol. The molecule has 2 aromatic carbocycles. The molecule has 1 aliphatic heterocycles. The number of oxazole rings is 1. The Hall–Kier alpha value is -3.06. The minimum atomic E-state index is -0.184. The quantitative estimate of drug-likeness (QED) is 0.598. The van der Waals surface area contributed by atoms with Gasteiger partial charge in [0, 0.05) is 50.6 Å². The molecule has 1 saturated heterocycles. The van der Waals surface area contributed by atoms with Gasteiger partial charge in [-0.3, -0.25) is 4.79 Å². The predicted molar refractivity (Wildman–Crippen MR) is 123 cm³/mol. The molecule has 7 nitrogen and oxygen atoms in total. The zero-order valence-corrected chi connectivity index (χ0v) is 18.8. The van der Waals surface area contributed by atoms with E-state index in [0.717, 1.165) is 29.5 Å². The molecule has 0 radical (unpaired) electrons. The van der Waals surface area contributed by atoms with Crippen LogP contribution in [0.5, 0.6) is 0 Å². The molecule has 1 aromatic heterocycles. The lowest BCUT2D eigenvalue weighted by Crippen LogP contribution is -2.41. The molecule has 0 bridgehead atoms. The number of piperidine rings is 1. The van der Waals surface area contributed by atoms with Crippen LogP contribution in [0.4, 0.5) is 4.79 Å². The van der Waals surface area contributed by atoms with E-state index in [1.54, 1.807) is 24.1 Å². The van der Waals surface area contributed by atoms with Crippen LogP contribution in [-0.4, -0.2) is 53.4 Å². The first-order valence-electron chi connectivity index (χ1n) is 10.9. The molecule has 0 aliphatic carbocycles. The molecule has 3 amide bonds. The Morgan fingerprint density at radius 1 is 1.19 bits per heavy atom. The van der Waals surface area contributed by atoms with Gasteiger partial charge in [-0.25, -0.2) is 9.78 Å². The fourth-order valence-corrected chi connectivity index (χ4v) is 4.13. The van der Waals surface area contributed by atoms with Crippen LogP contribution in [0.2, 0.25) is 5.02 Å². The Bertz CT molecular complexity index is 1080. The lowest BCUT2D eigenvalue weighted by Gasteiger charge is -2.30. The van der Waals surface area contributed by atoms with Crippen molar-refractivity contribution < 1.29 is 14.0 Å². The van der Waals surface area contributed by atoms with Gasteiger partial charge in [0.05, 0.1) is 0 Å². The molecular formula is C24H27ClN4O3. The first-order valence-corrected chi connectivity index (χ1v) is 11.2. The van der Waals surface area contributed by atoms with E-state index in [2.05, 4.69) is 10.3 Å². The number of benzene rings is 2. The van der Waals surface area contributed by atoms with Gasteiger partial charge in [-0.1, -0.05) is 41.9 Å². The summed E-state index contributed by atoms with van der Waals surface area (Å²) < 4.78 is 5.89. The van der Waals surface area contributed by atoms with Crippen LogP contribution in [0, 0.1) is 0 Å². The van der Waals surface area contributed by atoms with Gasteiger partial charge in [0.1, 0.15) is 5.52 Å². The molecule has 0 unspecified atom stereocenters. The van der Waals surface area contributed by atoms with Crippen LogP contribution in [0.3, 0.4) is 0 Å². The van der Waals surface area contributed by atoms with E-state index in [-0.39, 0.29) is 24.3 Å². The Kier molecular flexibility index (Phi) is 6.95. The summed E-state index contributed by atoms with van der Waals surface area (Å²) >= 11 is 6.03. The van der Waals surface area contributed by atoms with Gasteiger partial charge in [-0.05, 0) is 36.6 Å². The van der Waals surface area contributed by atoms with Gasteiger partial charge in [-0.15, -0.1) is 0 Å². The third kappa shape index (κ3) is 5.40. The number of nitrogens with zero attached hydrogens (tertiary/aromatic N) is 3. The molecule has 4 rings (SSSR count). The van der Waals surface area contributed by atoms with Crippen molar-refractivity contribution >= 4 is 34.6 Å². The molecule has 2 heterocycles. The fourth-order valence-electron chi connectivity index (χ4n) is 3.97. The first-order chi connectivity index (χ1) is 15.5. The van der Waals surface area contributed by atoms with Crippen molar-refractivity contribution in [2.24, 2.45) is 0 Å². The minimum absolute atomic E-state index is 0.0545. The molecule has 0 spiro atoms. The molecule has 3 aromatic rings. The average Bonchev–Trinajstić information content (AvgIpc) is 3.23. The number of hydrogen-bond donors (Lipinski definition) is 1. The maximum Gasteiger partial charge on any atom is 0.317 e. The lowest BCUT2D eigenvalue weighted by molar-refractivity contribution is -0.132. The summed E-state index contributed by atoms with van der Waals surface area (Å²) in [5.41, 5.74) is 2.56. The minimum Gasteiger partial charge on any atom is -0.440 e. The molecule has 32 heavy (non-hydrogen) atoms. The Morgan fingerprint density at radius 3 is 2.69 bits per heavy atom. The summed E-state index contributed by atoms with van der Waals surface area (Å²) in [5.74, 6) is 0.957. The highest BCUT2D eigenvalue weighted by Gasteiger charge is 2.27. The van der Waals surface area contributed by atoms with Crippen molar-refractivity contribution in [1.82, 2.24) is 20.1 Å². The highest BCUT2D eigenvalue weighted by molar-refractivity contribution is 6.31. The molecular weight excluding hydrogens is 428 g/mol. The smallest absolute Gasteiger partial charge is 0.317 e. The van der Waals surface area contributed by atoms with Crippen LogP contribution >= 0.6 is 11.6 Å².